The van der Waals surface area contributed by atoms with Crippen molar-refractivity contribution in [2.75, 3.05) is 17.4 Å². The highest BCUT2D eigenvalue weighted by atomic mass is 35.5. The van der Waals surface area contributed by atoms with Gasteiger partial charge in [-0.05, 0) is 43.2 Å². The van der Waals surface area contributed by atoms with Gasteiger partial charge in [-0.25, -0.2) is 8.42 Å². The van der Waals surface area contributed by atoms with Crippen LogP contribution in [-0.2, 0) is 26.2 Å². The van der Waals surface area contributed by atoms with Crippen molar-refractivity contribution in [3.05, 3.63) is 99.6 Å². The molecule has 0 aliphatic rings. The van der Waals surface area contributed by atoms with E-state index in [0.29, 0.717) is 23.6 Å². The van der Waals surface area contributed by atoms with Gasteiger partial charge in [-0.1, -0.05) is 61.0 Å². The minimum atomic E-state index is -4.33. The second kappa shape index (κ2) is 13.2. The van der Waals surface area contributed by atoms with E-state index in [1.165, 1.54) is 47.4 Å². The molecule has 0 saturated carbocycles. The highest BCUT2D eigenvalue weighted by molar-refractivity contribution is 7.92. The van der Waals surface area contributed by atoms with Crippen LogP contribution in [0.3, 0.4) is 0 Å². The Hall–Kier alpha value is -3.96. The number of halogens is 1. The van der Waals surface area contributed by atoms with Crippen LogP contribution in [0.25, 0.3) is 0 Å². The molecular weight excluding hydrogens is 544 g/mol. The molecule has 39 heavy (non-hydrogen) atoms. The lowest BCUT2D eigenvalue weighted by Crippen LogP contribution is -2.51. The molecule has 12 heteroatoms. The maximum Gasteiger partial charge on any atom is 0.271 e. The Bertz CT molecular complexity index is 1430. The first kappa shape index (κ1) is 29.6. The minimum Gasteiger partial charge on any atom is -0.354 e. The van der Waals surface area contributed by atoms with E-state index in [9.17, 15) is 28.1 Å². The number of nitro groups is 1. The lowest BCUT2D eigenvalue weighted by molar-refractivity contribution is -0.384. The summed E-state index contributed by atoms with van der Waals surface area (Å²) < 4.78 is 28.2. The van der Waals surface area contributed by atoms with E-state index in [0.717, 1.165) is 10.4 Å². The smallest absolute Gasteiger partial charge is 0.271 e. The van der Waals surface area contributed by atoms with Crippen LogP contribution in [0.15, 0.2) is 83.8 Å². The van der Waals surface area contributed by atoms with E-state index in [2.05, 4.69) is 5.32 Å². The number of hydrogen-bond acceptors (Lipinski definition) is 6. The van der Waals surface area contributed by atoms with Gasteiger partial charge in [-0.15, -0.1) is 0 Å². The van der Waals surface area contributed by atoms with Crippen LogP contribution in [0.5, 0.6) is 0 Å². The fourth-order valence-corrected chi connectivity index (χ4v) is 5.42. The number of anilines is 1. The van der Waals surface area contributed by atoms with Crippen molar-refractivity contribution in [3.63, 3.8) is 0 Å². The van der Waals surface area contributed by atoms with Gasteiger partial charge in [0, 0.05) is 30.2 Å². The standard InChI is InChI=1S/C27H29ClN4O6S/c1-3-16-29-27(34)20(2)30(18-21-10-7-8-15-25(21)28)26(33)19-31(22-11-9-12-23(17-22)32(35)36)39(37,38)24-13-5-4-6-14-24/h4-15,17,20H,3,16,18-19H2,1-2H3,(H,29,34)/t20-/m1/s1. The molecule has 0 bridgehead atoms. The second-order valence-corrected chi connectivity index (χ2v) is 11.0. The first-order chi connectivity index (χ1) is 18.6. The number of nitrogens with zero attached hydrogens (tertiary/aromatic N) is 3. The summed E-state index contributed by atoms with van der Waals surface area (Å²) >= 11 is 6.33. The highest BCUT2D eigenvalue weighted by Gasteiger charge is 2.33. The summed E-state index contributed by atoms with van der Waals surface area (Å²) in [6.07, 6.45) is 0.687. The average Bonchev–Trinajstić information content (AvgIpc) is 2.94. The molecular formula is C27H29ClN4O6S. The first-order valence-electron chi connectivity index (χ1n) is 12.2. The van der Waals surface area contributed by atoms with E-state index < -0.39 is 39.3 Å². The van der Waals surface area contributed by atoms with Crippen molar-refractivity contribution >= 4 is 44.8 Å². The Balaban J connectivity index is 2.06. The molecule has 1 atom stereocenters. The fraction of sp³-hybridized carbons (Fsp3) is 0.259. The number of sulfonamides is 1. The molecule has 0 aliphatic carbocycles. The summed E-state index contributed by atoms with van der Waals surface area (Å²) in [6, 6.07) is 18.3. The monoisotopic (exact) mass is 572 g/mol. The van der Waals surface area contributed by atoms with Crippen LogP contribution in [0.4, 0.5) is 11.4 Å². The third-order valence-corrected chi connectivity index (χ3v) is 8.11. The van der Waals surface area contributed by atoms with Gasteiger partial charge in [0.15, 0.2) is 0 Å². The summed E-state index contributed by atoms with van der Waals surface area (Å²) in [6.45, 7) is 3.06. The molecule has 3 aromatic rings. The number of carbonyl (C=O) groups is 2. The maximum absolute atomic E-state index is 13.8. The van der Waals surface area contributed by atoms with Gasteiger partial charge in [0.1, 0.15) is 12.6 Å². The Morgan fingerprint density at radius 3 is 2.33 bits per heavy atom. The van der Waals surface area contributed by atoms with Crippen molar-refractivity contribution in [2.45, 2.75) is 37.8 Å². The molecule has 0 radical (unpaired) electrons. The molecule has 2 amide bonds. The van der Waals surface area contributed by atoms with Crippen LogP contribution >= 0.6 is 11.6 Å². The number of non-ortho nitro benzene ring substituents is 1. The van der Waals surface area contributed by atoms with Crippen molar-refractivity contribution in [1.82, 2.24) is 10.2 Å². The maximum atomic E-state index is 13.8. The van der Waals surface area contributed by atoms with Crippen LogP contribution in [-0.4, -0.2) is 49.2 Å². The number of rotatable bonds is 12. The van der Waals surface area contributed by atoms with E-state index in [1.807, 2.05) is 6.92 Å². The predicted octanol–water partition coefficient (Wildman–Crippen LogP) is 4.39. The Morgan fingerprint density at radius 1 is 1.03 bits per heavy atom. The summed E-state index contributed by atoms with van der Waals surface area (Å²) in [4.78, 5) is 38.6. The predicted molar refractivity (Wildman–Crippen MR) is 149 cm³/mol. The summed E-state index contributed by atoms with van der Waals surface area (Å²) in [5.41, 5.74) is 0.158. The third-order valence-electron chi connectivity index (χ3n) is 5.95. The SMILES string of the molecule is CCCNC(=O)[C@@H](C)N(Cc1ccccc1Cl)C(=O)CN(c1cccc([N+](=O)[O-])c1)S(=O)(=O)c1ccccc1. The number of nitro benzene ring substituents is 1. The Labute approximate surface area is 232 Å². The van der Waals surface area contributed by atoms with Crippen molar-refractivity contribution in [2.24, 2.45) is 0 Å². The van der Waals surface area contributed by atoms with Gasteiger partial charge in [0.25, 0.3) is 15.7 Å². The molecule has 3 rings (SSSR count). The molecule has 0 heterocycles. The number of nitrogens with one attached hydrogen (secondary N) is 1. The number of hydrogen-bond donors (Lipinski definition) is 1. The highest BCUT2D eigenvalue weighted by Crippen LogP contribution is 2.28. The van der Waals surface area contributed by atoms with E-state index in [4.69, 9.17) is 11.6 Å². The Morgan fingerprint density at radius 2 is 1.69 bits per heavy atom. The molecule has 206 valence electrons. The van der Waals surface area contributed by atoms with Crippen molar-refractivity contribution < 1.29 is 22.9 Å². The van der Waals surface area contributed by atoms with E-state index in [-0.39, 0.29) is 22.8 Å². The van der Waals surface area contributed by atoms with E-state index in [1.54, 1.807) is 37.3 Å². The lowest BCUT2D eigenvalue weighted by Gasteiger charge is -2.32. The van der Waals surface area contributed by atoms with E-state index >= 15 is 0 Å². The summed E-state index contributed by atoms with van der Waals surface area (Å²) in [5, 5.41) is 14.6. The van der Waals surface area contributed by atoms with Gasteiger partial charge in [-0.3, -0.25) is 24.0 Å². The largest absolute Gasteiger partial charge is 0.354 e. The topological polar surface area (TPSA) is 130 Å². The van der Waals surface area contributed by atoms with Crippen LogP contribution in [0, 0.1) is 10.1 Å². The molecule has 10 nitrogen and oxygen atoms in total. The molecule has 0 spiro atoms. The molecule has 0 fully saturated rings. The molecule has 0 aliphatic heterocycles. The zero-order chi connectivity index (χ0) is 28.6. The third kappa shape index (κ3) is 7.33. The normalized spacial score (nSPS) is 11.9. The zero-order valence-electron chi connectivity index (χ0n) is 21.5. The second-order valence-electron chi connectivity index (χ2n) is 8.68. The van der Waals surface area contributed by atoms with Crippen molar-refractivity contribution in [1.29, 1.82) is 0 Å². The van der Waals surface area contributed by atoms with Gasteiger partial charge in [0.2, 0.25) is 11.8 Å². The summed E-state index contributed by atoms with van der Waals surface area (Å²) in [5.74, 6) is -1.11. The average molecular weight is 573 g/mol. The van der Waals surface area contributed by atoms with Gasteiger partial charge >= 0.3 is 0 Å². The number of amides is 2. The minimum absolute atomic E-state index is 0.0621. The number of benzene rings is 3. The Kier molecular flexibility index (Phi) is 10.0. The van der Waals surface area contributed by atoms with Gasteiger partial charge < -0.3 is 10.2 Å². The van der Waals surface area contributed by atoms with Gasteiger partial charge in [-0.2, -0.15) is 0 Å². The quantitative estimate of drug-likeness (QED) is 0.253. The fourth-order valence-electron chi connectivity index (χ4n) is 3.80. The zero-order valence-corrected chi connectivity index (χ0v) is 23.1. The molecule has 3 aromatic carbocycles. The van der Waals surface area contributed by atoms with Crippen LogP contribution in [0.1, 0.15) is 25.8 Å². The van der Waals surface area contributed by atoms with Crippen molar-refractivity contribution in [3.8, 4) is 0 Å². The van der Waals surface area contributed by atoms with Gasteiger partial charge in [0.05, 0.1) is 15.5 Å². The molecule has 0 saturated heterocycles. The lowest BCUT2D eigenvalue weighted by atomic mass is 10.1. The van der Waals surface area contributed by atoms with Crippen LogP contribution < -0.4 is 9.62 Å². The molecule has 0 unspecified atom stereocenters. The first-order valence-corrected chi connectivity index (χ1v) is 14.0. The molecule has 1 N–H and O–H groups in total. The summed E-state index contributed by atoms with van der Waals surface area (Å²) in [7, 11) is -4.33. The van der Waals surface area contributed by atoms with Crippen LogP contribution in [0.2, 0.25) is 5.02 Å². The molecule has 0 aromatic heterocycles. The number of carbonyl (C=O) groups excluding carboxylic acids is 2.